The molecule has 2 fully saturated rings. The largest absolute Gasteiger partial charge is 0.335 e. The first-order chi connectivity index (χ1) is 10.6. The maximum Gasteiger partial charge on any atom is 0.318 e. The lowest BCUT2D eigenvalue weighted by atomic mass is 9.84. The molecule has 1 aromatic rings. The number of rotatable bonds is 4. The van der Waals surface area contributed by atoms with Gasteiger partial charge in [-0.1, -0.05) is 24.6 Å². The molecule has 0 aliphatic heterocycles. The monoisotopic (exact) mass is 302 g/mol. The summed E-state index contributed by atoms with van der Waals surface area (Å²) in [6.07, 6.45) is 8.32. The number of halogens is 1. The third-order valence-corrected chi connectivity index (χ3v) is 5.18. The van der Waals surface area contributed by atoms with Gasteiger partial charge in [0.15, 0.2) is 0 Å². The zero-order chi connectivity index (χ0) is 15.5. The molecule has 3 nitrogen and oxygen atoms in total. The van der Waals surface area contributed by atoms with Gasteiger partial charge in [-0.3, -0.25) is 0 Å². The molecular weight excluding hydrogens is 279 g/mol. The Morgan fingerprint density at radius 2 is 2.14 bits per heavy atom. The molecule has 2 bridgehead atoms. The quantitative estimate of drug-likeness (QED) is 0.869. The summed E-state index contributed by atoms with van der Waals surface area (Å²) in [7, 11) is 0. The van der Waals surface area contributed by atoms with Gasteiger partial charge in [0.1, 0.15) is 5.82 Å². The lowest BCUT2D eigenvalue weighted by Crippen LogP contribution is -2.43. The summed E-state index contributed by atoms with van der Waals surface area (Å²) >= 11 is 0. The van der Waals surface area contributed by atoms with Gasteiger partial charge in [0, 0.05) is 17.8 Å². The van der Waals surface area contributed by atoms with Crippen LogP contribution in [0.3, 0.4) is 0 Å². The van der Waals surface area contributed by atoms with E-state index in [1.165, 1.54) is 37.9 Å². The maximum absolute atomic E-state index is 13.4. The van der Waals surface area contributed by atoms with E-state index in [1.807, 2.05) is 0 Å². The average molecular weight is 302 g/mol. The van der Waals surface area contributed by atoms with Crippen LogP contribution in [-0.2, 0) is 0 Å². The van der Waals surface area contributed by atoms with Crippen LogP contribution in [0.25, 0.3) is 6.08 Å². The van der Waals surface area contributed by atoms with Crippen LogP contribution < -0.4 is 10.6 Å². The highest BCUT2D eigenvalue weighted by Gasteiger charge is 2.42. The molecule has 0 heterocycles. The smallest absolute Gasteiger partial charge is 0.318 e. The fourth-order valence-electron chi connectivity index (χ4n) is 4.08. The Balaban J connectivity index is 1.47. The van der Waals surface area contributed by atoms with E-state index in [9.17, 15) is 9.18 Å². The van der Waals surface area contributed by atoms with Crippen molar-refractivity contribution >= 4 is 12.1 Å². The minimum Gasteiger partial charge on any atom is -0.335 e. The van der Waals surface area contributed by atoms with Gasteiger partial charge in [0.25, 0.3) is 0 Å². The zero-order valence-corrected chi connectivity index (χ0v) is 12.9. The molecule has 1 aromatic carbocycles. The van der Waals surface area contributed by atoms with Gasteiger partial charge in [-0.25, -0.2) is 9.18 Å². The van der Waals surface area contributed by atoms with Crippen LogP contribution in [0.15, 0.2) is 30.5 Å². The lowest BCUT2D eigenvalue weighted by Gasteiger charge is -2.28. The molecule has 2 aliphatic rings. The van der Waals surface area contributed by atoms with Crippen LogP contribution >= 0.6 is 0 Å². The number of amides is 2. The molecule has 4 atom stereocenters. The highest BCUT2D eigenvalue weighted by molar-refractivity contribution is 5.76. The van der Waals surface area contributed by atoms with Gasteiger partial charge in [-0.15, -0.1) is 0 Å². The Morgan fingerprint density at radius 1 is 1.32 bits per heavy atom. The fraction of sp³-hybridized carbons (Fsp3) is 0.500. The molecule has 0 spiro atoms. The SMILES string of the molecule is CC(NC(=O)N/C=C/c1ccccc1F)C1CC2CCC1C2. The van der Waals surface area contributed by atoms with Crippen LogP contribution in [0.4, 0.5) is 9.18 Å². The Labute approximate surface area is 131 Å². The molecule has 3 rings (SSSR count). The van der Waals surface area contributed by atoms with Gasteiger partial charge < -0.3 is 10.6 Å². The van der Waals surface area contributed by atoms with Crippen molar-refractivity contribution in [2.45, 2.75) is 38.6 Å². The molecule has 118 valence electrons. The van der Waals surface area contributed by atoms with Crippen LogP contribution in [-0.4, -0.2) is 12.1 Å². The predicted octanol–water partition coefficient (Wildman–Crippen LogP) is 3.92. The van der Waals surface area contributed by atoms with E-state index < -0.39 is 0 Å². The summed E-state index contributed by atoms with van der Waals surface area (Å²) < 4.78 is 13.4. The fourth-order valence-corrected chi connectivity index (χ4v) is 4.08. The molecule has 4 unspecified atom stereocenters. The van der Waals surface area contributed by atoms with E-state index >= 15 is 0 Å². The molecule has 2 amide bonds. The van der Waals surface area contributed by atoms with Crippen molar-refractivity contribution in [1.82, 2.24) is 10.6 Å². The normalized spacial score (nSPS) is 28.0. The molecule has 2 saturated carbocycles. The van der Waals surface area contributed by atoms with E-state index in [4.69, 9.17) is 0 Å². The first kappa shape index (κ1) is 15.1. The van der Waals surface area contributed by atoms with Gasteiger partial charge in [0.2, 0.25) is 0 Å². The van der Waals surface area contributed by atoms with Crippen molar-refractivity contribution in [3.05, 3.63) is 41.8 Å². The topological polar surface area (TPSA) is 41.1 Å². The molecule has 4 heteroatoms. The second-order valence-corrected chi connectivity index (χ2v) is 6.60. The van der Waals surface area contributed by atoms with Crippen LogP contribution in [0.2, 0.25) is 0 Å². The number of benzene rings is 1. The van der Waals surface area contributed by atoms with E-state index in [0.717, 1.165) is 11.8 Å². The van der Waals surface area contributed by atoms with E-state index in [0.29, 0.717) is 11.5 Å². The van der Waals surface area contributed by atoms with Crippen molar-refractivity contribution in [3.63, 3.8) is 0 Å². The minimum absolute atomic E-state index is 0.192. The van der Waals surface area contributed by atoms with Gasteiger partial charge >= 0.3 is 6.03 Å². The van der Waals surface area contributed by atoms with Crippen LogP contribution in [0.5, 0.6) is 0 Å². The van der Waals surface area contributed by atoms with Crippen LogP contribution in [0, 0.1) is 23.6 Å². The summed E-state index contributed by atoms with van der Waals surface area (Å²) in [6, 6.07) is 6.45. The number of carbonyl (C=O) groups is 1. The molecule has 0 radical (unpaired) electrons. The standard InChI is InChI=1S/C18H23FN2O/c1-12(16-11-13-6-7-15(16)10-13)21-18(22)20-9-8-14-4-2-3-5-17(14)19/h2-5,8-9,12-13,15-16H,6-7,10-11H2,1H3,(H2,20,21,22)/b9-8+. The lowest BCUT2D eigenvalue weighted by molar-refractivity contribution is 0.223. The van der Waals surface area contributed by atoms with Crippen molar-refractivity contribution in [2.24, 2.45) is 17.8 Å². The first-order valence-corrected chi connectivity index (χ1v) is 8.11. The van der Waals surface area contributed by atoms with Crippen LogP contribution in [0.1, 0.15) is 38.2 Å². The second kappa shape index (κ2) is 6.51. The van der Waals surface area contributed by atoms with E-state index in [-0.39, 0.29) is 17.9 Å². The minimum atomic E-state index is -0.295. The van der Waals surface area contributed by atoms with Gasteiger partial charge in [0.05, 0.1) is 0 Å². The Kier molecular flexibility index (Phi) is 4.46. The number of fused-ring (bicyclic) bond motifs is 2. The second-order valence-electron chi connectivity index (χ2n) is 6.60. The third kappa shape index (κ3) is 3.32. The summed E-state index contributed by atoms with van der Waals surface area (Å²) in [4.78, 5) is 11.9. The summed E-state index contributed by atoms with van der Waals surface area (Å²) in [5.41, 5.74) is 0.462. The molecule has 2 aliphatic carbocycles. The molecule has 2 N–H and O–H groups in total. The highest BCUT2D eigenvalue weighted by Crippen LogP contribution is 2.49. The average Bonchev–Trinajstić information content (AvgIpc) is 3.12. The zero-order valence-electron chi connectivity index (χ0n) is 12.9. The third-order valence-electron chi connectivity index (χ3n) is 5.18. The van der Waals surface area contributed by atoms with Crippen molar-refractivity contribution in [1.29, 1.82) is 0 Å². The Morgan fingerprint density at radius 3 is 2.82 bits per heavy atom. The number of urea groups is 1. The van der Waals surface area contributed by atoms with Crippen molar-refractivity contribution in [3.8, 4) is 0 Å². The summed E-state index contributed by atoms with van der Waals surface area (Å²) in [6.45, 7) is 2.09. The highest BCUT2D eigenvalue weighted by atomic mass is 19.1. The summed E-state index contributed by atoms with van der Waals surface area (Å²) in [5, 5.41) is 5.67. The van der Waals surface area contributed by atoms with Gasteiger partial charge in [-0.2, -0.15) is 0 Å². The number of nitrogens with one attached hydrogen (secondary N) is 2. The maximum atomic E-state index is 13.4. The number of hydrogen-bond acceptors (Lipinski definition) is 1. The summed E-state index contributed by atoms with van der Waals surface area (Å²) in [5.74, 6) is 1.98. The molecule has 0 saturated heterocycles. The Hall–Kier alpha value is -1.84. The van der Waals surface area contributed by atoms with E-state index in [2.05, 4.69) is 17.6 Å². The van der Waals surface area contributed by atoms with Gasteiger partial charge in [-0.05, 0) is 56.1 Å². The molecule has 0 aromatic heterocycles. The predicted molar refractivity (Wildman–Crippen MR) is 85.5 cm³/mol. The van der Waals surface area contributed by atoms with Crippen molar-refractivity contribution in [2.75, 3.05) is 0 Å². The Bertz CT molecular complexity index is 572. The number of carbonyl (C=O) groups excluding carboxylic acids is 1. The molecular formula is C18H23FN2O. The number of hydrogen-bond donors (Lipinski definition) is 2. The van der Waals surface area contributed by atoms with Crippen molar-refractivity contribution < 1.29 is 9.18 Å². The first-order valence-electron chi connectivity index (χ1n) is 8.11. The molecule has 22 heavy (non-hydrogen) atoms. The van der Waals surface area contributed by atoms with E-state index in [1.54, 1.807) is 24.3 Å².